The van der Waals surface area contributed by atoms with Gasteiger partial charge in [0.05, 0.1) is 23.0 Å². The maximum absolute atomic E-state index is 12.7. The number of nitro groups is 1. The molecule has 2 aliphatic carbocycles. The fraction of sp³-hybridized carbons (Fsp3) is 0.471. The second-order valence-corrected chi connectivity index (χ2v) is 8.74. The Labute approximate surface area is 156 Å². The SMILES string of the molecule is O=[N+]([O-])c1cc(S(=O)(=O)N2CCOCC2)ccc1N/N=C1/C[C@@H]2C=CC[C@H]12. The molecule has 144 valence electrons. The number of benzene rings is 1. The molecule has 0 spiro atoms. The normalized spacial score (nSPS) is 26.6. The molecule has 1 aromatic carbocycles. The van der Waals surface area contributed by atoms with Gasteiger partial charge in [-0.2, -0.15) is 9.41 Å². The third kappa shape index (κ3) is 3.35. The summed E-state index contributed by atoms with van der Waals surface area (Å²) in [6.45, 7) is 1.10. The molecule has 0 radical (unpaired) electrons. The molecule has 9 nitrogen and oxygen atoms in total. The Bertz CT molecular complexity index is 921. The number of rotatable bonds is 5. The molecule has 2 atom stereocenters. The molecule has 0 aromatic heterocycles. The van der Waals surface area contributed by atoms with Gasteiger partial charge in [-0.25, -0.2) is 8.42 Å². The molecule has 1 saturated carbocycles. The number of hydrogen-bond donors (Lipinski definition) is 1. The number of morpholine rings is 1. The zero-order valence-electron chi connectivity index (χ0n) is 14.6. The Morgan fingerprint density at radius 1 is 1.30 bits per heavy atom. The summed E-state index contributed by atoms with van der Waals surface area (Å²) in [5.74, 6) is 0.916. The molecule has 0 unspecified atom stereocenters. The maximum atomic E-state index is 12.7. The van der Waals surface area contributed by atoms with E-state index in [1.165, 1.54) is 16.4 Å². The van der Waals surface area contributed by atoms with Gasteiger partial charge in [0.1, 0.15) is 5.69 Å². The molecule has 0 amide bonds. The van der Waals surface area contributed by atoms with E-state index in [1.807, 2.05) is 0 Å². The average molecular weight is 392 g/mol. The average Bonchev–Trinajstić information content (AvgIpc) is 3.03. The van der Waals surface area contributed by atoms with Crippen LogP contribution in [0.2, 0.25) is 0 Å². The topological polar surface area (TPSA) is 114 Å². The van der Waals surface area contributed by atoms with Crippen molar-refractivity contribution in [3.05, 3.63) is 40.5 Å². The highest BCUT2D eigenvalue weighted by Crippen LogP contribution is 2.40. The molecule has 4 rings (SSSR count). The van der Waals surface area contributed by atoms with Crippen LogP contribution in [0.1, 0.15) is 12.8 Å². The van der Waals surface area contributed by atoms with Crippen molar-refractivity contribution in [2.75, 3.05) is 31.7 Å². The van der Waals surface area contributed by atoms with E-state index in [0.717, 1.165) is 24.6 Å². The molecule has 27 heavy (non-hydrogen) atoms. The molecule has 1 N–H and O–H groups in total. The first-order valence-corrected chi connectivity index (χ1v) is 10.3. The first-order chi connectivity index (χ1) is 13.0. The summed E-state index contributed by atoms with van der Waals surface area (Å²) in [6, 6.07) is 3.87. The summed E-state index contributed by atoms with van der Waals surface area (Å²) in [4.78, 5) is 10.8. The summed E-state index contributed by atoms with van der Waals surface area (Å²) in [6.07, 6.45) is 6.11. The van der Waals surface area contributed by atoms with Gasteiger partial charge in [-0.15, -0.1) is 0 Å². The van der Waals surface area contributed by atoms with Crippen molar-refractivity contribution in [3.63, 3.8) is 0 Å². The fourth-order valence-corrected chi connectivity index (χ4v) is 5.08. The molecular formula is C17H20N4O5S. The molecule has 1 aliphatic heterocycles. The van der Waals surface area contributed by atoms with Gasteiger partial charge in [-0.05, 0) is 30.9 Å². The number of nitro benzene ring substituents is 1. The van der Waals surface area contributed by atoms with Crippen molar-refractivity contribution in [3.8, 4) is 0 Å². The highest BCUT2D eigenvalue weighted by molar-refractivity contribution is 7.89. The fourth-order valence-electron chi connectivity index (χ4n) is 3.65. The van der Waals surface area contributed by atoms with Crippen molar-refractivity contribution in [2.24, 2.45) is 16.9 Å². The predicted octanol–water partition coefficient (Wildman–Crippen LogP) is 1.98. The van der Waals surface area contributed by atoms with Gasteiger partial charge in [0.15, 0.2) is 0 Å². The molecule has 10 heteroatoms. The summed E-state index contributed by atoms with van der Waals surface area (Å²) < 4.78 is 31.9. The van der Waals surface area contributed by atoms with E-state index in [-0.39, 0.29) is 29.4 Å². The summed E-state index contributed by atoms with van der Waals surface area (Å²) in [5.41, 5.74) is 3.62. The number of nitrogens with zero attached hydrogens (tertiary/aromatic N) is 3. The van der Waals surface area contributed by atoms with Crippen molar-refractivity contribution in [1.29, 1.82) is 0 Å². The van der Waals surface area contributed by atoms with Gasteiger partial charge in [0.25, 0.3) is 5.69 Å². The molecule has 1 saturated heterocycles. The third-order valence-electron chi connectivity index (χ3n) is 5.26. The van der Waals surface area contributed by atoms with Crippen LogP contribution in [-0.4, -0.2) is 49.7 Å². The summed E-state index contributed by atoms with van der Waals surface area (Å²) in [7, 11) is -3.79. The van der Waals surface area contributed by atoms with E-state index in [4.69, 9.17) is 4.74 Å². The Morgan fingerprint density at radius 3 is 2.78 bits per heavy atom. The standard InChI is InChI=1S/C17H20N4O5S/c22-21(23)17-11-13(27(24,25)20-6-8-26-9-7-20)4-5-15(17)18-19-16-10-12-2-1-3-14(12)16/h1-2,4-5,11-12,14,18H,3,6-10H2/b19-16-/t12-,14-/m0/s1. The minimum atomic E-state index is -3.79. The molecule has 2 fully saturated rings. The summed E-state index contributed by atoms with van der Waals surface area (Å²) >= 11 is 0. The lowest BCUT2D eigenvalue weighted by Gasteiger charge is -2.31. The lowest BCUT2D eigenvalue weighted by molar-refractivity contribution is -0.384. The highest BCUT2D eigenvalue weighted by atomic mass is 32.2. The Hall–Kier alpha value is -2.30. The van der Waals surface area contributed by atoms with Crippen LogP contribution in [-0.2, 0) is 14.8 Å². The van der Waals surface area contributed by atoms with Crippen LogP contribution in [0.25, 0.3) is 0 Å². The first kappa shape index (κ1) is 18.1. The van der Waals surface area contributed by atoms with Gasteiger partial charge < -0.3 is 4.74 Å². The highest BCUT2D eigenvalue weighted by Gasteiger charge is 2.38. The predicted molar refractivity (Wildman–Crippen MR) is 99.1 cm³/mol. The lowest BCUT2D eigenvalue weighted by Crippen LogP contribution is -2.40. The molecule has 3 aliphatic rings. The minimum Gasteiger partial charge on any atom is -0.379 e. The van der Waals surface area contributed by atoms with Crippen molar-refractivity contribution < 1.29 is 18.1 Å². The smallest absolute Gasteiger partial charge is 0.295 e. The van der Waals surface area contributed by atoms with Crippen LogP contribution in [0.5, 0.6) is 0 Å². The van der Waals surface area contributed by atoms with E-state index in [0.29, 0.717) is 25.0 Å². The van der Waals surface area contributed by atoms with E-state index in [1.54, 1.807) is 0 Å². The van der Waals surface area contributed by atoms with E-state index >= 15 is 0 Å². The summed E-state index contributed by atoms with van der Waals surface area (Å²) in [5, 5.41) is 15.8. The van der Waals surface area contributed by atoms with E-state index in [2.05, 4.69) is 22.7 Å². The number of hydrazone groups is 1. The number of ether oxygens (including phenoxy) is 1. The minimum absolute atomic E-state index is 0.0991. The Balaban J connectivity index is 1.57. The molecule has 0 bridgehead atoms. The second kappa shape index (κ2) is 7.02. The number of hydrogen-bond acceptors (Lipinski definition) is 7. The first-order valence-electron chi connectivity index (χ1n) is 8.82. The van der Waals surface area contributed by atoms with E-state index in [9.17, 15) is 18.5 Å². The van der Waals surface area contributed by atoms with Crippen LogP contribution >= 0.6 is 0 Å². The number of nitrogens with one attached hydrogen (secondary N) is 1. The van der Waals surface area contributed by atoms with Gasteiger partial charge in [0, 0.05) is 30.8 Å². The Morgan fingerprint density at radius 2 is 2.07 bits per heavy atom. The van der Waals surface area contributed by atoms with Crippen LogP contribution < -0.4 is 5.43 Å². The van der Waals surface area contributed by atoms with Crippen LogP contribution in [0.3, 0.4) is 0 Å². The number of anilines is 1. The van der Waals surface area contributed by atoms with Crippen molar-refractivity contribution in [2.45, 2.75) is 17.7 Å². The quantitative estimate of drug-likeness (QED) is 0.466. The molecule has 1 aromatic rings. The van der Waals surface area contributed by atoms with Gasteiger partial charge in [-0.3, -0.25) is 15.5 Å². The lowest BCUT2D eigenvalue weighted by atomic mass is 9.74. The Kier molecular flexibility index (Phi) is 4.70. The number of allylic oxidation sites excluding steroid dienone is 2. The zero-order chi connectivity index (χ0) is 19.0. The molecule has 1 heterocycles. The second-order valence-electron chi connectivity index (χ2n) is 6.81. The van der Waals surface area contributed by atoms with Gasteiger partial charge in [0.2, 0.25) is 10.0 Å². The van der Waals surface area contributed by atoms with Crippen LogP contribution in [0, 0.1) is 22.0 Å². The zero-order valence-corrected chi connectivity index (χ0v) is 15.4. The van der Waals surface area contributed by atoms with Crippen LogP contribution in [0.4, 0.5) is 11.4 Å². The molecular weight excluding hydrogens is 372 g/mol. The monoisotopic (exact) mass is 392 g/mol. The van der Waals surface area contributed by atoms with Gasteiger partial charge in [-0.1, -0.05) is 12.2 Å². The van der Waals surface area contributed by atoms with Crippen LogP contribution in [0.15, 0.2) is 40.3 Å². The third-order valence-corrected chi connectivity index (χ3v) is 7.15. The number of sulfonamides is 1. The van der Waals surface area contributed by atoms with Crippen molar-refractivity contribution >= 4 is 27.1 Å². The number of fused-ring (bicyclic) bond motifs is 1. The maximum Gasteiger partial charge on any atom is 0.295 e. The van der Waals surface area contributed by atoms with Gasteiger partial charge >= 0.3 is 0 Å². The van der Waals surface area contributed by atoms with Crippen molar-refractivity contribution in [1.82, 2.24) is 4.31 Å². The largest absolute Gasteiger partial charge is 0.379 e. The van der Waals surface area contributed by atoms with E-state index < -0.39 is 14.9 Å².